The lowest BCUT2D eigenvalue weighted by Crippen LogP contribution is -2.28. The maximum absolute atomic E-state index is 11.8. The van der Waals surface area contributed by atoms with E-state index in [9.17, 15) is 4.79 Å². The topological polar surface area (TPSA) is 110 Å². The molecule has 0 unspecified atom stereocenters. The van der Waals surface area contributed by atoms with Gasteiger partial charge in [0.1, 0.15) is 11.3 Å². The van der Waals surface area contributed by atoms with E-state index in [0.29, 0.717) is 35.5 Å². The van der Waals surface area contributed by atoms with Crippen LogP contribution in [0.5, 0.6) is 0 Å². The third kappa shape index (κ3) is 3.34. The van der Waals surface area contributed by atoms with Crippen LogP contribution in [0.2, 0.25) is 0 Å². The zero-order chi connectivity index (χ0) is 18.8. The first-order chi connectivity index (χ1) is 13.1. The van der Waals surface area contributed by atoms with Crippen molar-refractivity contribution in [3.8, 4) is 22.7 Å². The molecule has 27 heavy (non-hydrogen) atoms. The van der Waals surface area contributed by atoms with Gasteiger partial charge in [-0.05, 0) is 30.7 Å². The SMILES string of the molecule is CCNC(=O)Nc1cn2c(-c3nnc(C)o3)cc(-c3cccnc3)cc2n1. The molecule has 0 bridgehead atoms. The van der Waals surface area contributed by atoms with Crippen LogP contribution in [-0.4, -0.2) is 37.1 Å². The molecule has 0 saturated carbocycles. The predicted molar refractivity (Wildman–Crippen MR) is 99.1 cm³/mol. The zero-order valence-electron chi connectivity index (χ0n) is 14.8. The maximum Gasteiger partial charge on any atom is 0.320 e. The van der Waals surface area contributed by atoms with E-state index in [1.807, 2.05) is 31.2 Å². The van der Waals surface area contributed by atoms with Gasteiger partial charge in [-0.2, -0.15) is 0 Å². The number of carbonyl (C=O) groups excluding carboxylic acids is 1. The van der Waals surface area contributed by atoms with Crippen LogP contribution in [-0.2, 0) is 0 Å². The van der Waals surface area contributed by atoms with Crippen LogP contribution in [0.4, 0.5) is 10.6 Å². The van der Waals surface area contributed by atoms with E-state index in [1.54, 1.807) is 29.9 Å². The Morgan fingerprint density at radius 2 is 2.15 bits per heavy atom. The standard InChI is InChI=1S/C18H17N7O2/c1-3-20-18(26)22-15-10-25-14(17-24-23-11(2)27-17)7-13(8-16(25)21-15)12-5-4-6-19-9-12/h4-10H,3H2,1-2H3,(H2,20,22,26). The summed E-state index contributed by atoms with van der Waals surface area (Å²) in [6, 6.07) is 7.34. The number of fused-ring (bicyclic) bond motifs is 1. The quantitative estimate of drug-likeness (QED) is 0.577. The van der Waals surface area contributed by atoms with Gasteiger partial charge >= 0.3 is 6.03 Å². The van der Waals surface area contributed by atoms with Gasteiger partial charge in [0.05, 0.1) is 6.20 Å². The number of anilines is 1. The van der Waals surface area contributed by atoms with Gasteiger partial charge in [-0.15, -0.1) is 10.2 Å². The first-order valence-electron chi connectivity index (χ1n) is 8.43. The molecular weight excluding hydrogens is 346 g/mol. The highest BCUT2D eigenvalue weighted by atomic mass is 16.4. The van der Waals surface area contributed by atoms with E-state index in [4.69, 9.17) is 4.42 Å². The number of hydrogen-bond donors (Lipinski definition) is 2. The Hall–Kier alpha value is -3.75. The molecule has 0 aliphatic carbocycles. The minimum atomic E-state index is -0.316. The lowest BCUT2D eigenvalue weighted by atomic mass is 10.1. The van der Waals surface area contributed by atoms with Crippen molar-refractivity contribution >= 4 is 17.5 Å². The van der Waals surface area contributed by atoms with Crippen LogP contribution >= 0.6 is 0 Å². The molecule has 136 valence electrons. The molecule has 4 aromatic rings. The van der Waals surface area contributed by atoms with Gasteiger partial charge in [0.15, 0.2) is 5.82 Å². The summed E-state index contributed by atoms with van der Waals surface area (Å²) in [5.74, 6) is 1.25. The van der Waals surface area contributed by atoms with Crippen molar-refractivity contribution < 1.29 is 9.21 Å². The van der Waals surface area contributed by atoms with Crippen molar-refractivity contribution in [3.05, 3.63) is 48.7 Å². The molecule has 4 rings (SSSR count). The Balaban J connectivity index is 1.86. The molecule has 0 saturated heterocycles. The predicted octanol–water partition coefficient (Wildman–Crippen LogP) is 2.90. The highest BCUT2D eigenvalue weighted by Crippen LogP contribution is 2.28. The summed E-state index contributed by atoms with van der Waals surface area (Å²) in [6.45, 7) is 4.10. The van der Waals surface area contributed by atoms with E-state index in [1.165, 1.54) is 0 Å². The van der Waals surface area contributed by atoms with Crippen molar-refractivity contribution in [2.75, 3.05) is 11.9 Å². The minimum Gasteiger partial charge on any atom is -0.420 e. The van der Waals surface area contributed by atoms with Crippen LogP contribution in [0.1, 0.15) is 12.8 Å². The van der Waals surface area contributed by atoms with Gasteiger partial charge < -0.3 is 9.73 Å². The number of urea groups is 1. The van der Waals surface area contributed by atoms with Crippen LogP contribution in [0.3, 0.4) is 0 Å². The number of nitrogens with one attached hydrogen (secondary N) is 2. The number of nitrogens with zero attached hydrogens (tertiary/aromatic N) is 5. The van der Waals surface area contributed by atoms with Gasteiger partial charge in [0.25, 0.3) is 5.89 Å². The van der Waals surface area contributed by atoms with Gasteiger partial charge in [0.2, 0.25) is 5.89 Å². The number of amides is 2. The fourth-order valence-electron chi connectivity index (χ4n) is 2.73. The van der Waals surface area contributed by atoms with E-state index < -0.39 is 0 Å². The Morgan fingerprint density at radius 3 is 2.85 bits per heavy atom. The fraction of sp³-hybridized carbons (Fsp3) is 0.167. The maximum atomic E-state index is 11.8. The average Bonchev–Trinajstić information content (AvgIpc) is 3.27. The molecule has 2 amide bonds. The molecule has 0 spiro atoms. The number of imidazole rings is 1. The second kappa shape index (κ2) is 6.87. The lowest BCUT2D eigenvalue weighted by Gasteiger charge is -2.06. The van der Waals surface area contributed by atoms with E-state index >= 15 is 0 Å². The van der Waals surface area contributed by atoms with Crippen molar-refractivity contribution in [1.82, 2.24) is 29.9 Å². The molecule has 2 N–H and O–H groups in total. The van der Waals surface area contributed by atoms with Crippen molar-refractivity contribution in [2.24, 2.45) is 0 Å². The van der Waals surface area contributed by atoms with E-state index in [0.717, 1.165) is 11.1 Å². The lowest BCUT2D eigenvalue weighted by molar-refractivity contribution is 0.252. The molecule has 9 nitrogen and oxygen atoms in total. The van der Waals surface area contributed by atoms with Gasteiger partial charge in [-0.1, -0.05) is 6.07 Å². The Kier molecular flexibility index (Phi) is 4.25. The fourth-order valence-corrected chi connectivity index (χ4v) is 2.73. The first kappa shape index (κ1) is 16.7. The molecule has 9 heteroatoms. The summed E-state index contributed by atoms with van der Waals surface area (Å²) in [7, 11) is 0. The van der Waals surface area contributed by atoms with Crippen LogP contribution in [0.15, 0.2) is 47.3 Å². The van der Waals surface area contributed by atoms with Crippen molar-refractivity contribution in [3.63, 3.8) is 0 Å². The van der Waals surface area contributed by atoms with Crippen LogP contribution in [0.25, 0.3) is 28.4 Å². The Labute approximate surface area is 154 Å². The van der Waals surface area contributed by atoms with E-state index in [-0.39, 0.29) is 6.03 Å². The number of hydrogen-bond acceptors (Lipinski definition) is 6. The minimum absolute atomic E-state index is 0.316. The summed E-state index contributed by atoms with van der Waals surface area (Å²) in [6.07, 6.45) is 5.20. The van der Waals surface area contributed by atoms with Crippen LogP contribution < -0.4 is 10.6 Å². The first-order valence-corrected chi connectivity index (χ1v) is 8.43. The van der Waals surface area contributed by atoms with Gasteiger partial charge in [0, 0.05) is 31.4 Å². The summed E-state index contributed by atoms with van der Waals surface area (Å²) < 4.78 is 7.41. The third-order valence-electron chi connectivity index (χ3n) is 3.89. The second-order valence-corrected chi connectivity index (χ2v) is 5.84. The molecule has 0 aliphatic rings. The molecule has 4 heterocycles. The number of rotatable bonds is 4. The second-order valence-electron chi connectivity index (χ2n) is 5.84. The van der Waals surface area contributed by atoms with Gasteiger partial charge in [-0.25, -0.2) is 9.78 Å². The highest BCUT2D eigenvalue weighted by molar-refractivity contribution is 5.88. The van der Waals surface area contributed by atoms with Crippen molar-refractivity contribution in [1.29, 1.82) is 0 Å². The largest absolute Gasteiger partial charge is 0.420 e. The molecule has 0 aromatic carbocycles. The molecule has 0 fully saturated rings. The van der Waals surface area contributed by atoms with Gasteiger partial charge in [-0.3, -0.25) is 14.7 Å². The summed E-state index contributed by atoms with van der Waals surface area (Å²) >= 11 is 0. The number of pyridine rings is 2. The zero-order valence-corrected chi connectivity index (χ0v) is 14.8. The molecular formula is C18H17N7O2. The number of aromatic nitrogens is 5. The van der Waals surface area contributed by atoms with Crippen LogP contribution in [0, 0.1) is 6.92 Å². The molecule has 0 atom stereocenters. The van der Waals surface area contributed by atoms with E-state index in [2.05, 4.69) is 30.8 Å². The number of aryl methyl sites for hydroxylation is 1. The smallest absolute Gasteiger partial charge is 0.320 e. The average molecular weight is 363 g/mol. The Morgan fingerprint density at radius 1 is 1.26 bits per heavy atom. The normalized spacial score (nSPS) is 10.9. The summed E-state index contributed by atoms with van der Waals surface area (Å²) in [4.78, 5) is 20.5. The molecule has 0 radical (unpaired) electrons. The Bertz CT molecular complexity index is 1100. The number of carbonyl (C=O) groups is 1. The molecule has 4 aromatic heterocycles. The highest BCUT2D eigenvalue weighted by Gasteiger charge is 2.16. The van der Waals surface area contributed by atoms with Crippen molar-refractivity contribution in [2.45, 2.75) is 13.8 Å². The summed E-state index contributed by atoms with van der Waals surface area (Å²) in [5.41, 5.74) is 3.13. The molecule has 0 aliphatic heterocycles. The third-order valence-corrected chi connectivity index (χ3v) is 3.89. The monoisotopic (exact) mass is 363 g/mol. The summed E-state index contributed by atoms with van der Waals surface area (Å²) in [5, 5.41) is 13.4.